The van der Waals surface area contributed by atoms with Crippen LogP contribution in [0.3, 0.4) is 0 Å². The zero-order valence-electron chi connectivity index (χ0n) is 16.9. The van der Waals surface area contributed by atoms with Gasteiger partial charge < -0.3 is 10.2 Å². The molecule has 7 nitrogen and oxygen atoms in total. The Labute approximate surface area is 183 Å². The minimum absolute atomic E-state index is 0.117. The molecule has 0 aromatic heterocycles. The van der Waals surface area contributed by atoms with E-state index in [0.717, 1.165) is 37.7 Å². The normalized spacial score (nSPS) is 19.2. The Hall–Kier alpha value is -1.90. The average molecular weight is 454 g/mol. The first kappa shape index (κ1) is 22.8. The monoisotopic (exact) mass is 453 g/mol. The fourth-order valence-electron chi connectivity index (χ4n) is 3.88. The van der Waals surface area contributed by atoms with Crippen molar-refractivity contribution in [1.82, 2.24) is 14.5 Å². The molecule has 3 rings (SSSR count). The van der Waals surface area contributed by atoms with Gasteiger partial charge in [-0.3, -0.25) is 9.59 Å². The van der Waals surface area contributed by atoms with Gasteiger partial charge in [-0.2, -0.15) is 4.31 Å². The summed E-state index contributed by atoms with van der Waals surface area (Å²) in [7, 11) is -3.29. The van der Waals surface area contributed by atoms with E-state index in [4.69, 9.17) is 11.6 Å². The van der Waals surface area contributed by atoms with Gasteiger partial charge in [0.1, 0.15) is 0 Å². The molecule has 9 heteroatoms. The second kappa shape index (κ2) is 10.4. The molecule has 2 fully saturated rings. The Morgan fingerprint density at radius 3 is 2.47 bits per heavy atom. The fourth-order valence-corrected chi connectivity index (χ4v) is 6.10. The molecule has 2 amide bonds. The Bertz CT molecular complexity index is 889. The van der Waals surface area contributed by atoms with E-state index in [1.807, 2.05) is 6.07 Å². The van der Waals surface area contributed by atoms with Gasteiger partial charge in [0.05, 0.1) is 11.8 Å². The molecule has 1 aromatic carbocycles. The summed E-state index contributed by atoms with van der Waals surface area (Å²) in [5.74, 6) is -0.587. The van der Waals surface area contributed by atoms with Gasteiger partial charge >= 0.3 is 0 Å². The smallest absolute Gasteiger partial charge is 0.244 e. The summed E-state index contributed by atoms with van der Waals surface area (Å²) in [4.78, 5) is 25.9. The third-order valence-corrected chi connectivity index (χ3v) is 8.25. The molecular weight excluding hydrogens is 426 g/mol. The fraction of sp³-hybridized carbons (Fsp3) is 0.524. The lowest BCUT2D eigenvalue weighted by atomic mass is 10.0. The van der Waals surface area contributed by atoms with Gasteiger partial charge in [0, 0.05) is 37.3 Å². The number of hydrogen-bond acceptors (Lipinski definition) is 4. The van der Waals surface area contributed by atoms with E-state index in [9.17, 15) is 18.0 Å². The predicted octanol–water partition coefficient (Wildman–Crippen LogP) is 2.28. The molecule has 164 valence electrons. The highest BCUT2D eigenvalue weighted by Crippen LogP contribution is 2.26. The lowest BCUT2D eigenvalue weighted by Crippen LogP contribution is -2.54. The van der Waals surface area contributed by atoms with Crippen LogP contribution in [0.4, 0.5) is 0 Å². The van der Waals surface area contributed by atoms with Gasteiger partial charge in [0.25, 0.3) is 0 Å². The number of rotatable bonds is 6. The maximum Gasteiger partial charge on any atom is 0.244 e. The van der Waals surface area contributed by atoms with Crippen LogP contribution in [0.15, 0.2) is 30.3 Å². The molecule has 0 bridgehead atoms. The number of piperazine rings is 1. The van der Waals surface area contributed by atoms with Crippen LogP contribution < -0.4 is 5.32 Å². The van der Waals surface area contributed by atoms with E-state index in [-0.39, 0.29) is 23.6 Å². The zero-order valence-corrected chi connectivity index (χ0v) is 18.5. The molecule has 30 heavy (non-hydrogen) atoms. The van der Waals surface area contributed by atoms with E-state index in [0.29, 0.717) is 31.2 Å². The molecule has 1 saturated heterocycles. The number of nitrogens with one attached hydrogen (secondary N) is 1. The van der Waals surface area contributed by atoms with Gasteiger partial charge in [0.15, 0.2) is 0 Å². The highest BCUT2D eigenvalue weighted by atomic mass is 35.5. The Morgan fingerprint density at radius 1 is 1.10 bits per heavy atom. The summed E-state index contributed by atoms with van der Waals surface area (Å²) in [6.45, 7) is 1.20. The second-order valence-corrected chi connectivity index (χ2v) is 10.3. The number of sulfonamides is 1. The van der Waals surface area contributed by atoms with Crippen LogP contribution in [0.2, 0.25) is 5.02 Å². The van der Waals surface area contributed by atoms with Crippen molar-refractivity contribution in [2.45, 2.75) is 37.4 Å². The molecule has 2 aliphatic rings. The minimum atomic E-state index is -3.29. The summed E-state index contributed by atoms with van der Waals surface area (Å²) in [6, 6.07) is 7.09. The second-order valence-electron chi connectivity index (χ2n) is 7.69. The van der Waals surface area contributed by atoms with Crippen LogP contribution in [-0.2, 0) is 19.6 Å². The van der Waals surface area contributed by atoms with Crippen molar-refractivity contribution in [3.8, 4) is 0 Å². The molecule has 0 unspecified atom stereocenters. The molecule has 1 N–H and O–H groups in total. The largest absolute Gasteiger partial charge is 0.343 e. The predicted molar refractivity (Wildman–Crippen MR) is 117 cm³/mol. The van der Waals surface area contributed by atoms with Gasteiger partial charge in [-0.25, -0.2) is 8.42 Å². The minimum Gasteiger partial charge on any atom is -0.343 e. The van der Waals surface area contributed by atoms with Gasteiger partial charge in [-0.1, -0.05) is 43.0 Å². The van der Waals surface area contributed by atoms with Crippen LogP contribution in [0.5, 0.6) is 0 Å². The van der Waals surface area contributed by atoms with Crippen molar-refractivity contribution >= 4 is 39.5 Å². The maximum atomic E-state index is 12.8. The molecule has 0 radical (unpaired) electrons. The van der Waals surface area contributed by atoms with E-state index < -0.39 is 10.0 Å². The number of amides is 2. The maximum absolute atomic E-state index is 12.8. The zero-order chi connectivity index (χ0) is 21.6. The molecule has 0 spiro atoms. The quantitative estimate of drug-likeness (QED) is 0.669. The van der Waals surface area contributed by atoms with Crippen molar-refractivity contribution in [2.24, 2.45) is 0 Å². The molecule has 1 aliphatic carbocycles. The first-order chi connectivity index (χ1) is 14.4. The summed E-state index contributed by atoms with van der Waals surface area (Å²) in [5.41, 5.74) is 0.791. The number of halogens is 1. The highest BCUT2D eigenvalue weighted by Gasteiger charge is 2.35. The van der Waals surface area contributed by atoms with Crippen LogP contribution in [-0.4, -0.2) is 67.4 Å². The third-order valence-electron chi connectivity index (χ3n) is 5.61. The number of carbonyl (C=O) groups is 2. The van der Waals surface area contributed by atoms with Crippen LogP contribution in [0.1, 0.15) is 37.7 Å². The highest BCUT2D eigenvalue weighted by molar-refractivity contribution is 7.89. The molecule has 1 aliphatic heterocycles. The topological polar surface area (TPSA) is 86.8 Å². The first-order valence-electron chi connectivity index (χ1n) is 10.3. The van der Waals surface area contributed by atoms with E-state index in [1.54, 1.807) is 29.2 Å². The number of nitrogens with zero attached hydrogens (tertiary/aromatic N) is 2. The molecule has 1 aromatic rings. The van der Waals surface area contributed by atoms with Crippen molar-refractivity contribution in [3.05, 3.63) is 40.9 Å². The number of hydrogen-bond donors (Lipinski definition) is 1. The SMILES string of the molecule is O=C(/C=C/c1cccc(Cl)c1)NCC(=O)N1CCN(S(=O)(=O)C2CCCCC2)CC1. The van der Waals surface area contributed by atoms with Crippen molar-refractivity contribution in [2.75, 3.05) is 32.7 Å². The first-order valence-corrected chi connectivity index (χ1v) is 12.2. The summed E-state index contributed by atoms with van der Waals surface area (Å²) in [5, 5.41) is 2.88. The van der Waals surface area contributed by atoms with Gasteiger partial charge in [-0.15, -0.1) is 0 Å². The van der Waals surface area contributed by atoms with Crippen molar-refractivity contribution in [1.29, 1.82) is 0 Å². The van der Waals surface area contributed by atoms with E-state index in [2.05, 4.69) is 5.32 Å². The van der Waals surface area contributed by atoms with Crippen molar-refractivity contribution in [3.63, 3.8) is 0 Å². The Morgan fingerprint density at radius 2 is 1.80 bits per heavy atom. The van der Waals surface area contributed by atoms with Gasteiger partial charge in [-0.05, 0) is 36.6 Å². The Balaban J connectivity index is 1.43. The average Bonchev–Trinajstić information content (AvgIpc) is 2.77. The van der Waals surface area contributed by atoms with E-state index in [1.165, 1.54) is 10.4 Å². The molecule has 0 atom stereocenters. The summed E-state index contributed by atoms with van der Waals surface area (Å²) < 4.78 is 27.1. The molecule has 1 saturated carbocycles. The van der Waals surface area contributed by atoms with Crippen molar-refractivity contribution < 1.29 is 18.0 Å². The van der Waals surface area contributed by atoms with Crippen LogP contribution in [0, 0.1) is 0 Å². The van der Waals surface area contributed by atoms with Crippen LogP contribution in [0.25, 0.3) is 6.08 Å². The third kappa shape index (κ3) is 6.06. The summed E-state index contributed by atoms with van der Waals surface area (Å²) >= 11 is 5.91. The lowest BCUT2D eigenvalue weighted by molar-refractivity contribution is -0.133. The molecular formula is C21H28ClN3O4S. The standard InChI is InChI=1S/C21H28ClN3O4S/c22-18-6-4-5-17(15-18)9-10-20(26)23-16-21(27)24-11-13-25(14-12-24)30(28,29)19-7-2-1-3-8-19/h4-6,9-10,15,19H,1-3,7-8,11-14,16H2,(H,23,26)/b10-9+. The number of benzene rings is 1. The van der Waals surface area contributed by atoms with Crippen LogP contribution >= 0.6 is 11.6 Å². The number of carbonyl (C=O) groups excluding carboxylic acids is 2. The lowest BCUT2D eigenvalue weighted by Gasteiger charge is -2.36. The Kier molecular flexibility index (Phi) is 7.91. The summed E-state index contributed by atoms with van der Waals surface area (Å²) in [6.07, 6.45) is 7.48. The van der Waals surface area contributed by atoms with E-state index >= 15 is 0 Å². The van der Waals surface area contributed by atoms with Gasteiger partial charge in [0.2, 0.25) is 21.8 Å². The molecule has 1 heterocycles.